The quantitative estimate of drug-likeness (QED) is 0.172. The zero-order chi connectivity index (χ0) is 31.5. The first-order chi connectivity index (χ1) is 21.2. The highest BCUT2D eigenvalue weighted by molar-refractivity contribution is 8.03. The van der Waals surface area contributed by atoms with Crippen molar-refractivity contribution < 1.29 is 18.8 Å². The van der Waals surface area contributed by atoms with E-state index in [0.29, 0.717) is 12.8 Å². The molecule has 0 saturated carbocycles. The second-order valence-corrected chi connectivity index (χ2v) is 14.9. The Bertz CT molecular complexity index is 1660. The summed E-state index contributed by atoms with van der Waals surface area (Å²) in [6.07, 6.45) is 12.5. The monoisotopic (exact) mass is 668 g/mol. The maximum absolute atomic E-state index is 13.4. The van der Waals surface area contributed by atoms with Crippen molar-refractivity contribution in [3.05, 3.63) is 57.6 Å². The number of aryl methyl sites for hydroxylation is 1. The molecule has 0 fully saturated rings. The minimum Gasteiger partial charge on any atom is -0.496 e. The number of nitrogens with one attached hydrogen (secondary N) is 1. The van der Waals surface area contributed by atoms with E-state index in [-0.39, 0.29) is 17.9 Å². The zero-order valence-corrected chi connectivity index (χ0v) is 30.0. The predicted molar refractivity (Wildman–Crippen MR) is 190 cm³/mol. The summed E-state index contributed by atoms with van der Waals surface area (Å²) < 4.78 is 15.0. The van der Waals surface area contributed by atoms with Gasteiger partial charge in [-0.05, 0) is 82.4 Å². The maximum atomic E-state index is 13.4. The molecule has 234 valence electrons. The molecule has 0 bridgehead atoms. The zero-order valence-electron chi connectivity index (χ0n) is 26.8. The van der Waals surface area contributed by atoms with Gasteiger partial charge in [-0.15, -0.1) is 23.5 Å². The summed E-state index contributed by atoms with van der Waals surface area (Å²) in [5.74, 6) is 1.80. The smallest absolute Gasteiger partial charge is 0.263 e. The second-order valence-electron chi connectivity index (χ2n) is 11.1. The van der Waals surface area contributed by atoms with Gasteiger partial charge in [-0.2, -0.15) is 4.57 Å². The minimum atomic E-state index is -0.125. The Labute approximate surface area is 278 Å². The van der Waals surface area contributed by atoms with Crippen LogP contribution in [0.4, 0.5) is 5.69 Å². The van der Waals surface area contributed by atoms with Crippen molar-refractivity contribution in [1.29, 1.82) is 0 Å². The first kappa shape index (κ1) is 32.9. The lowest BCUT2D eigenvalue weighted by molar-refractivity contribution is -0.665. The maximum Gasteiger partial charge on any atom is 0.263 e. The molecule has 0 radical (unpaired) electrons. The molecule has 6 nitrogen and oxygen atoms in total. The van der Waals surface area contributed by atoms with Crippen LogP contribution in [-0.4, -0.2) is 45.2 Å². The fourth-order valence-electron chi connectivity index (χ4n) is 5.83. The third-order valence-corrected chi connectivity index (χ3v) is 11.6. The average molecular weight is 669 g/mol. The van der Waals surface area contributed by atoms with Crippen LogP contribution >= 0.6 is 46.6 Å². The number of aromatic nitrogens is 1. The molecule has 44 heavy (non-hydrogen) atoms. The number of amides is 1. The van der Waals surface area contributed by atoms with Crippen molar-refractivity contribution in [3.8, 4) is 11.5 Å². The van der Waals surface area contributed by atoms with Gasteiger partial charge in [-0.1, -0.05) is 29.2 Å². The summed E-state index contributed by atoms with van der Waals surface area (Å²) in [7, 11) is 3.47. The number of carbonyl (C=O) groups is 1. The average Bonchev–Trinajstić information content (AvgIpc) is 3.53. The van der Waals surface area contributed by atoms with Crippen LogP contribution < -0.4 is 24.3 Å². The fraction of sp³-hybridized carbons (Fsp3) is 0.412. The minimum absolute atomic E-state index is 0.101. The SMILES string of the molecule is CCN1C(=CC2=CC(=Cc3sc4cc(SC)c(OC)cc4[n+]3CC)CC(C(=O)NC(C)C)C2)Sc2cc(SC)c(OC)cc21. The van der Waals surface area contributed by atoms with Crippen molar-refractivity contribution >= 4 is 74.5 Å². The lowest BCUT2D eigenvalue weighted by Crippen LogP contribution is -2.37. The summed E-state index contributed by atoms with van der Waals surface area (Å²) >= 11 is 6.99. The number of rotatable bonds is 10. The van der Waals surface area contributed by atoms with E-state index in [4.69, 9.17) is 9.47 Å². The molecule has 2 aliphatic rings. The molecule has 2 aromatic carbocycles. The van der Waals surface area contributed by atoms with Gasteiger partial charge in [0.2, 0.25) is 11.4 Å². The molecule has 10 heteroatoms. The molecule has 1 N–H and O–H groups in total. The number of anilines is 1. The van der Waals surface area contributed by atoms with E-state index in [1.807, 2.05) is 13.8 Å². The van der Waals surface area contributed by atoms with Crippen LogP contribution in [0.5, 0.6) is 11.5 Å². The summed E-state index contributed by atoms with van der Waals surface area (Å²) in [6, 6.07) is 8.87. The van der Waals surface area contributed by atoms with E-state index in [1.54, 1.807) is 60.8 Å². The Morgan fingerprint density at radius 3 is 2.41 bits per heavy atom. The number of thiazole rings is 1. The molecule has 1 unspecified atom stereocenters. The molecule has 2 heterocycles. The summed E-state index contributed by atoms with van der Waals surface area (Å²) in [5, 5.41) is 5.54. The molecule has 1 aliphatic carbocycles. The Morgan fingerprint density at radius 2 is 1.77 bits per heavy atom. The Kier molecular flexibility index (Phi) is 10.7. The summed E-state index contributed by atoms with van der Waals surface area (Å²) in [4.78, 5) is 19.3. The molecular weight excluding hydrogens is 627 g/mol. The summed E-state index contributed by atoms with van der Waals surface area (Å²) in [5.41, 5.74) is 4.70. The van der Waals surface area contributed by atoms with Gasteiger partial charge in [-0.3, -0.25) is 4.79 Å². The number of benzene rings is 2. The standard InChI is InChI=1S/C34H41N3O3S4/c1-9-36-24-16-26(39-5)30(41-7)18-28(24)43-32(36)14-21-11-22(13-23(12-21)34(38)35-20(3)4)15-33-37(10-2)25-17-27(40-6)31(42-8)19-29(25)44-33/h11,14-20,23H,9-10,12-13H2,1-8H3/p+1. The number of ether oxygens (including phenoxy) is 2. The predicted octanol–water partition coefficient (Wildman–Crippen LogP) is 8.39. The van der Waals surface area contributed by atoms with Gasteiger partial charge in [0.1, 0.15) is 22.7 Å². The van der Waals surface area contributed by atoms with Gasteiger partial charge in [0.25, 0.3) is 5.01 Å². The van der Waals surface area contributed by atoms with Crippen molar-refractivity contribution in [2.24, 2.45) is 5.92 Å². The van der Waals surface area contributed by atoms with Crippen LogP contribution in [0.25, 0.3) is 16.3 Å². The Hall–Kier alpha value is -2.53. The number of hydrogen-bond acceptors (Lipinski definition) is 8. The van der Waals surface area contributed by atoms with Gasteiger partial charge in [0, 0.05) is 35.5 Å². The van der Waals surface area contributed by atoms with Crippen LogP contribution in [-0.2, 0) is 11.3 Å². The molecule has 1 aromatic heterocycles. The van der Waals surface area contributed by atoms with E-state index in [2.05, 4.69) is 83.6 Å². The molecule has 3 aromatic rings. The molecule has 1 amide bonds. The normalized spacial score (nSPS) is 18.3. The van der Waals surface area contributed by atoms with Crippen LogP contribution in [0.3, 0.4) is 0 Å². The first-order valence-corrected chi connectivity index (χ1v) is 19.0. The molecular formula is C34H42N3O3S4+. The Morgan fingerprint density at radius 1 is 1.07 bits per heavy atom. The third kappa shape index (κ3) is 6.69. The molecule has 0 spiro atoms. The van der Waals surface area contributed by atoms with Crippen molar-refractivity contribution in [3.63, 3.8) is 0 Å². The third-order valence-electron chi connectivity index (χ3n) is 7.86. The fourth-order valence-corrected chi connectivity index (χ4v) is 9.58. The summed E-state index contributed by atoms with van der Waals surface area (Å²) in [6.45, 7) is 10.1. The van der Waals surface area contributed by atoms with Crippen LogP contribution in [0, 0.1) is 5.92 Å². The van der Waals surface area contributed by atoms with Crippen molar-refractivity contribution in [2.45, 2.75) is 67.8 Å². The van der Waals surface area contributed by atoms with Gasteiger partial charge < -0.3 is 19.7 Å². The van der Waals surface area contributed by atoms with E-state index >= 15 is 0 Å². The largest absolute Gasteiger partial charge is 0.496 e. The van der Waals surface area contributed by atoms with E-state index < -0.39 is 0 Å². The number of allylic oxidation sites excluding steroid dienone is 4. The number of fused-ring (bicyclic) bond motifs is 2. The molecule has 1 aliphatic heterocycles. The number of nitrogens with zero attached hydrogens (tertiary/aromatic N) is 2. The number of thioether (sulfide) groups is 3. The van der Waals surface area contributed by atoms with Gasteiger partial charge in [0.15, 0.2) is 0 Å². The van der Waals surface area contributed by atoms with E-state index in [0.717, 1.165) is 34.4 Å². The van der Waals surface area contributed by atoms with E-state index in [9.17, 15) is 4.79 Å². The van der Waals surface area contributed by atoms with Crippen LogP contribution in [0.2, 0.25) is 0 Å². The lowest BCUT2D eigenvalue weighted by Gasteiger charge is -2.25. The van der Waals surface area contributed by atoms with Crippen molar-refractivity contribution in [2.75, 3.05) is 38.2 Å². The molecule has 0 saturated heterocycles. The van der Waals surface area contributed by atoms with Crippen LogP contribution in [0.1, 0.15) is 45.5 Å². The molecule has 1 atom stereocenters. The first-order valence-electron chi connectivity index (χ1n) is 15.0. The highest BCUT2D eigenvalue weighted by Gasteiger charge is 2.30. The number of methoxy groups -OCH3 is 2. The second kappa shape index (κ2) is 14.3. The van der Waals surface area contributed by atoms with Crippen molar-refractivity contribution in [1.82, 2.24) is 5.32 Å². The highest BCUT2D eigenvalue weighted by Crippen LogP contribution is 2.50. The number of carbonyl (C=O) groups excluding carboxylic acids is 1. The molecule has 5 rings (SSSR count). The van der Waals surface area contributed by atoms with Crippen LogP contribution in [0.15, 0.2) is 67.3 Å². The Balaban J connectivity index is 1.57. The van der Waals surface area contributed by atoms with Gasteiger partial charge >= 0.3 is 0 Å². The van der Waals surface area contributed by atoms with Gasteiger partial charge in [0.05, 0.1) is 40.8 Å². The highest BCUT2D eigenvalue weighted by atomic mass is 32.2. The van der Waals surface area contributed by atoms with Gasteiger partial charge in [-0.25, -0.2) is 0 Å². The topological polar surface area (TPSA) is 54.7 Å². The van der Waals surface area contributed by atoms with E-state index in [1.165, 1.54) is 42.0 Å². The number of hydrogen-bond donors (Lipinski definition) is 1. The lowest BCUT2D eigenvalue weighted by atomic mass is 9.84.